The number of hydrogen-bond acceptors (Lipinski definition) is 8. The molecule has 2 rings (SSSR count). The van der Waals surface area contributed by atoms with Gasteiger partial charge in [-0.15, -0.1) is 0 Å². The van der Waals surface area contributed by atoms with Gasteiger partial charge in [-0.3, -0.25) is 24.1 Å². The number of ether oxygens (including phenoxy) is 2. The number of benzene rings is 1. The first-order chi connectivity index (χ1) is 24.4. The van der Waals surface area contributed by atoms with Crippen LogP contribution < -0.4 is 0 Å². The first-order valence-corrected chi connectivity index (χ1v) is 19.5. The van der Waals surface area contributed by atoms with E-state index < -0.39 is 36.2 Å². The van der Waals surface area contributed by atoms with Crippen molar-refractivity contribution in [2.75, 3.05) is 41.9 Å². The number of carbonyl (C=O) groups is 4. The summed E-state index contributed by atoms with van der Waals surface area (Å²) in [4.78, 5) is 61.1. The van der Waals surface area contributed by atoms with Crippen molar-refractivity contribution in [1.29, 1.82) is 0 Å². The maximum atomic E-state index is 14.3. The van der Waals surface area contributed by atoms with Gasteiger partial charge in [-0.1, -0.05) is 92.1 Å². The summed E-state index contributed by atoms with van der Waals surface area (Å²) in [6.45, 7) is 16.4. The van der Waals surface area contributed by atoms with E-state index >= 15 is 0 Å². The maximum absolute atomic E-state index is 14.3. The summed E-state index contributed by atoms with van der Waals surface area (Å²) in [5, 5.41) is 10.9. The molecule has 1 aromatic carbocycles. The molecule has 0 aliphatic carbocycles. The topological polar surface area (TPSA) is 117 Å². The van der Waals surface area contributed by atoms with E-state index in [0.29, 0.717) is 13.0 Å². The van der Waals surface area contributed by atoms with Gasteiger partial charge in [-0.25, -0.2) is 0 Å². The fourth-order valence-electron chi connectivity index (χ4n) is 8.40. The third-order valence-electron chi connectivity index (χ3n) is 11.6. The number of amides is 2. The number of methoxy groups -OCH3 is 2. The van der Waals surface area contributed by atoms with E-state index in [1.807, 2.05) is 95.8 Å². The van der Waals surface area contributed by atoms with Gasteiger partial charge in [-0.2, -0.15) is 0 Å². The minimum atomic E-state index is -0.761. The van der Waals surface area contributed by atoms with Gasteiger partial charge in [0.15, 0.2) is 5.78 Å². The molecule has 10 heteroatoms. The largest absolute Gasteiger partial charge is 0.388 e. The summed E-state index contributed by atoms with van der Waals surface area (Å²) in [5.41, 5.74) is 0.777. The number of likely N-dealkylation sites (N-methyl/N-ethyl adjacent to an activating group) is 2. The van der Waals surface area contributed by atoms with Gasteiger partial charge in [0, 0.05) is 52.5 Å². The van der Waals surface area contributed by atoms with Crippen molar-refractivity contribution in [3.63, 3.8) is 0 Å². The lowest BCUT2D eigenvalue weighted by Gasteiger charge is -2.41. The Balaban J connectivity index is 2.25. The van der Waals surface area contributed by atoms with E-state index in [9.17, 15) is 24.3 Å². The average Bonchev–Trinajstić information content (AvgIpc) is 3.59. The van der Waals surface area contributed by atoms with Crippen LogP contribution in [0.2, 0.25) is 0 Å². The zero-order valence-electron chi connectivity index (χ0n) is 34.5. The minimum Gasteiger partial charge on any atom is -0.388 e. The van der Waals surface area contributed by atoms with Crippen LogP contribution in [0.5, 0.6) is 0 Å². The molecule has 1 aliphatic rings. The van der Waals surface area contributed by atoms with E-state index in [0.717, 1.165) is 18.4 Å². The number of nitrogens with zero attached hydrogens (tertiary/aromatic N) is 3. The van der Waals surface area contributed by atoms with Gasteiger partial charge in [0.2, 0.25) is 11.8 Å². The average molecular weight is 730 g/mol. The van der Waals surface area contributed by atoms with Crippen molar-refractivity contribution in [2.45, 2.75) is 130 Å². The molecule has 1 N–H and O–H groups in total. The van der Waals surface area contributed by atoms with Gasteiger partial charge >= 0.3 is 0 Å². The second-order valence-electron chi connectivity index (χ2n) is 16.3. The Labute approximate surface area is 315 Å². The van der Waals surface area contributed by atoms with E-state index in [4.69, 9.17) is 9.47 Å². The highest BCUT2D eigenvalue weighted by Gasteiger charge is 2.43. The molecule has 0 saturated carbocycles. The highest BCUT2D eigenvalue weighted by atomic mass is 16.5. The minimum absolute atomic E-state index is 0.0103. The lowest BCUT2D eigenvalue weighted by atomic mass is 9.83. The van der Waals surface area contributed by atoms with Crippen molar-refractivity contribution in [1.82, 2.24) is 14.7 Å². The highest BCUT2D eigenvalue weighted by Crippen LogP contribution is 2.32. The second kappa shape index (κ2) is 21.3. The molecule has 1 aromatic rings. The molecular formula is C42H71N3O7. The molecule has 10 atom stereocenters. The number of hydrogen-bond donors (Lipinski definition) is 1. The van der Waals surface area contributed by atoms with Crippen LogP contribution in [0.3, 0.4) is 0 Å². The van der Waals surface area contributed by atoms with Gasteiger partial charge < -0.3 is 24.4 Å². The molecular weight excluding hydrogens is 658 g/mol. The lowest BCUT2D eigenvalue weighted by Crippen LogP contribution is -2.54. The molecule has 1 heterocycles. The molecule has 1 saturated heterocycles. The first-order valence-electron chi connectivity index (χ1n) is 19.5. The van der Waals surface area contributed by atoms with Gasteiger partial charge in [0.05, 0.1) is 42.9 Å². The van der Waals surface area contributed by atoms with Crippen molar-refractivity contribution in [3.05, 3.63) is 35.9 Å². The molecule has 52 heavy (non-hydrogen) atoms. The van der Waals surface area contributed by atoms with Crippen LogP contribution in [0, 0.1) is 35.5 Å². The summed E-state index contributed by atoms with van der Waals surface area (Å²) in [5.74, 6) is -1.35. The molecule has 1 unspecified atom stereocenters. The lowest BCUT2D eigenvalue weighted by molar-refractivity contribution is -0.149. The Bertz CT molecular complexity index is 1260. The number of carbonyl (C=O) groups excluding carboxylic acids is 4. The fourth-order valence-corrected chi connectivity index (χ4v) is 8.40. The normalized spacial score (nSPS) is 20.2. The van der Waals surface area contributed by atoms with Crippen molar-refractivity contribution in [2.24, 2.45) is 35.5 Å². The van der Waals surface area contributed by atoms with Crippen LogP contribution in [0.1, 0.15) is 106 Å². The monoisotopic (exact) mass is 730 g/mol. The summed E-state index contributed by atoms with van der Waals surface area (Å²) in [7, 11) is 8.76. The highest BCUT2D eigenvalue weighted by molar-refractivity contribution is 5.90. The maximum Gasteiger partial charge on any atom is 0.226 e. The predicted octanol–water partition coefficient (Wildman–Crippen LogP) is 6.05. The number of Topliss-reactive ketones (excluding diaryl/α,β-unsaturated/α-hetero) is 2. The number of aliphatic hydroxyl groups excluding tert-OH is 1. The fraction of sp³-hybridized carbons (Fsp3) is 0.762. The van der Waals surface area contributed by atoms with E-state index in [2.05, 4.69) is 13.8 Å². The smallest absolute Gasteiger partial charge is 0.226 e. The van der Waals surface area contributed by atoms with E-state index in [-0.39, 0.29) is 78.4 Å². The quantitative estimate of drug-likeness (QED) is 0.153. The Kier molecular flexibility index (Phi) is 18.6. The van der Waals surface area contributed by atoms with Crippen LogP contribution in [-0.2, 0) is 28.7 Å². The van der Waals surface area contributed by atoms with Gasteiger partial charge in [0.1, 0.15) is 5.78 Å². The Morgan fingerprint density at radius 1 is 0.846 bits per heavy atom. The molecule has 0 spiro atoms. The number of ketones is 2. The molecule has 0 radical (unpaired) electrons. The zero-order chi connectivity index (χ0) is 39.4. The third kappa shape index (κ3) is 11.7. The Morgan fingerprint density at radius 3 is 1.96 bits per heavy atom. The number of likely N-dealkylation sites (tertiary alicyclic amines) is 1. The van der Waals surface area contributed by atoms with E-state index in [1.165, 1.54) is 0 Å². The Morgan fingerprint density at radius 2 is 1.46 bits per heavy atom. The van der Waals surface area contributed by atoms with Crippen LogP contribution in [-0.4, -0.2) is 115 Å². The Hall–Kier alpha value is -2.66. The summed E-state index contributed by atoms with van der Waals surface area (Å²) >= 11 is 0. The molecule has 296 valence electrons. The van der Waals surface area contributed by atoms with Crippen molar-refractivity contribution >= 4 is 23.4 Å². The molecule has 0 aromatic heterocycles. The van der Waals surface area contributed by atoms with Crippen LogP contribution in [0.15, 0.2) is 30.3 Å². The second-order valence-corrected chi connectivity index (χ2v) is 16.3. The predicted molar refractivity (Wildman–Crippen MR) is 207 cm³/mol. The molecule has 1 aliphatic heterocycles. The van der Waals surface area contributed by atoms with Crippen molar-refractivity contribution < 1.29 is 33.8 Å². The summed E-state index contributed by atoms with van der Waals surface area (Å²) < 4.78 is 12.0. The zero-order valence-corrected chi connectivity index (χ0v) is 34.5. The van der Waals surface area contributed by atoms with Crippen LogP contribution in [0.25, 0.3) is 0 Å². The van der Waals surface area contributed by atoms with Crippen LogP contribution in [0.4, 0.5) is 0 Å². The third-order valence-corrected chi connectivity index (χ3v) is 11.6. The standard InChI is InChI=1S/C42H71N3O7/c1-14-28(6)39(44(11)42(50)32(26(2)3)24-35(47)38(27(4)5)43(9)10)36(51-12)25-37(48)45-22-18-21-33(45)41(52-13)30(8)34(46)23-29(7)40(49)31-19-16-15-17-20-31/h15-17,19-20,26-30,32-33,36,38-41,49H,14,18,21-25H2,1-13H3/t28-,29-,30-,32-,33-,36+,38-,39-,40?,41+/m0/s1. The molecule has 0 bridgehead atoms. The molecule has 10 nitrogen and oxygen atoms in total. The van der Waals surface area contributed by atoms with Gasteiger partial charge in [-0.05, 0) is 56.2 Å². The van der Waals surface area contributed by atoms with E-state index in [1.54, 1.807) is 26.2 Å². The van der Waals surface area contributed by atoms with Crippen molar-refractivity contribution in [3.8, 4) is 0 Å². The molecule has 2 amide bonds. The van der Waals surface area contributed by atoms with Gasteiger partial charge in [0.25, 0.3) is 0 Å². The number of aliphatic hydroxyl groups is 1. The first kappa shape index (κ1) is 45.5. The summed E-state index contributed by atoms with van der Waals surface area (Å²) in [6.07, 6.45) is 0.847. The molecule has 1 fully saturated rings. The van der Waals surface area contributed by atoms with Crippen LogP contribution >= 0.6 is 0 Å². The number of rotatable bonds is 22. The summed E-state index contributed by atoms with van der Waals surface area (Å²) in [6, 6.07) is 8.40. The SMILES string of the molecule is CC[C@H](C)[C@@H]([C@@H](CC(=O)N1CCC[C@H]1[C@H](OC)[C@@H](C)C(=O)C[C@H](C)C(O)c1ccccc1)OC)N(C)C(=O)[C@@H](CC(=O)[C@H](C(C)C)N(C)C)C(C)C.